The molecule has 0 spiro atoms. The highest BCUT2D eigenvalue weighted by Crippen LogP contribution is 2.47. The lowest BCUT2D eigenvalue weighted by molar-refractivity contribution is 0.0292. The molecular weight excluding hydrogens is 518 g/mol. The zero-order valence-corrected chi connectivity index (χ0v) is 25.7. The zero-order valence-electron chi connectivity index (χ0n) is 25.7. The van der Waals surface area contributed by atoms with Gasteiger partial charge in [-0.2, -0.15) is 0 Å². The van der Waals surface area contributed by atoms with Gasteiger partial charge >= 0.3 is 0 Å². The molecule has 0 saturated carbocycles. The fraction of sp³-hybridized carbons (Fsp3) is 0.636. The molecule has 0 amide bonds. The SMILES string of the molecule is C=C(C)C1CCC(C)=CC1c1c(O)cc(CCCCC)cc1OCCOCCOCc1cn(CCOCCC)nn1. The van der Waals surface area contributed by atoms with E-state index in [4.69, 9.17) is 18.9 Å². The van der Waals surface area contributed by atoms with Gasteiger partial charge in [0, 0.05) is 18.1 Å². The molecule has 8 nitrogen and oxygen atoms in total. The quantitative estimate of drug-likeness (QED) is 0.139. The van der Waals surface area contributed by atoms with Crippen LogP contribution in [0.1, 0.15) is 89.0 Å². The fourth-order valence-electron chi connectivity index (χ4n) is 5.28. The van der Waals surface area contributed by atoms with Gasteiger partial charge in [0.05, 0.1) is 45.8 Å². The van der Waals surface area contributed by atoms with Crippen LogP contribution in [-0.2, 0) is 33.8 Å². The highest BCUT2D eigenvalue weighted by Gasteiger charge is 2.30. The Kier molecular flexibility index (Phi) is 14.4. The predicted molar refractivity (Wildman–Crippen MR) is 162 cm³/mol. The maximum absolute atomic E-state index is 11.2. The molecule has 8 heteroatoms. The van der Waals surface area contributed by atoms with E-state index in [1.165, 1.54) is 12.0 Å². The number of ether oxygens (including phenoxy) is 4. The van der Waals surface area contributed by atoms with Crippen LogP contribution in [-0.4, -0.2) is 59.7 Å². The lowest BCUT2D eigenvalue weighted by atomic mass is 9.73. The Morgan fingerprint density at radius 1 is 1.02 bits per heavy atom. The van der Waals surface area contributed by atoms with Crippen LogP contribution in [0.2, 0.25) is 0 Å². The van der Waals surface area contributed by atoms with Crippen LogP contribution in [0.25, 0.3) is 0 Å². The second-order valence-electron chi connectivity index (χ2n) is 11.1. The lowest BCUT2D eigenvalue weighted by Gasteiger charge is -2.32. The Labute approximate surface area is 246 Å². The molecule has 2 aromatic rings. The molecule has 1 aliphatic rings. The number of benzene rings is 1. The number of hydrogen-bond acceptors (Lipinski definition) is 7. The first-order valence-corrected chi connectivity index (χ1v) is 15.4. The van der Waals surface area contributed by atoms with E-state index < -0.39 is 0 Å². The zero-order chi connectivity index (χ0) is 29.5. The van der Waals surface area contributed by atoms with E-state index in [1.54, 1.807) is 4.68 Å². The van der Waals surface area contributed by atoms with Crippen LogP contribution < -0.4 is 4.74 Å². The summed E-state index contributed by atoms with van der Waals surface area (Å²) in [5, 5.41) is 19.5. The maximum Gasteiger partial charge on any atom is 0.127 e. The number of phenolic OH excluding ortho intramolecular Hbond substituents is 1. The molecule has 1 aromatic heterocycles. The van der Waals surface area contributed by atoms with Crippen molar-refractivity contribution in [1.82, 2.24) is 15.0 Å². The molecule has 1 aromatic carbocycles. The molecule has 0 bridgehead atoms. The minimum absolute atomic E-state index is 0.0529. The molecule has 228 valence electrons. The summed E-state index contributed by atoms with van der Waals surface area (Å²) < 4.78 is 25.0. The normalized spacial score (nSPS) is 17.0. The second kappa shape index (κ2) is 18.0. The summed E-state index contributed by atoms with van der Waals surface area (Å²) in [6.07, 6.45) is 11.6. The Morgan fingerprint density at radius 3 is 2.59 bits per heavy atom. The average Bonchev–Trinajstić information content (AvgIpc) is 3.40. The van der Waals surface area contributed by atoms with Gasteiger partial charge in [-0.3, -0.25) is 0 Å². The summed E-state index contributed by atoms with van der Waals surface area (Å²) in [7, 11) is 0. The third-order valence-corrected chi connectivity index (χ3v) is 7.47. The number of aromatic hydroxyl groups is 1. The molecule has 1 N–H and O–H groups in total. The first-order valence-electron chi connectivity index (χ1n) is 15.4. The van der Waals surface area contributed by atoms with Crippen LogP contribution in [0.15, 0.2) is 42.1 Å². The lowest BCUT2D eigenvalue weighted by Crippen LogP contribution is -2.19. The smallest absolute Gasteiger partial charge is 0.127 e. The van der Waals surface area contributed by atoms with Gasteiger partial charge in [-0.05, 0) is 69.6 Å². The molecule has 1 heterocycles. The third kappa shape index (κ3) is 10.9. The molecular formula is C33H51N3O5. The highest BCUT2D eigenvalue weighted by molar-refractivity contribution is 5.52. The molecule has 2 atom stereocenters. The van der Waals surface area contributed by atoms with Crippen molar-refractivity contribution in [3.8, 4) is 11.5 Å². The van der Waals surface area contributed by atoms with E-state index >= 15 is 0 Å². The second-order valence-corrected chi connectivity index (χ2v) is 11.1. The van der Waals surface area contributed by atoms with Gasteiger partial charge in [-0.25, -0.2) is 4.68 Å². The van der Waals surface area contributed by atoms with Crippen molar-refractivity contribution in [2.24, 2.45) is 5.92 Å². The van der Waals surface area contributed by atoms with E-state index in [9.17, 15) is 5.11 Å². The highest BCUT2D eigenvalue weighted by atomic mass is 16.5. The van der Waals surface area contributed by atoms with E-state index in [2.05, 4.69) is 56.7 Å². The van der Waals surface area contributed by atoms with E-state index in [0.717, 1.165) is 73.3 Å². The van der Waals surface area contributed by atoms with Crippen molar-refractivity contribution in [2.75, 3.05) is 39.6 Å². The third-order valence-electron chi connectivity index (χ3n) is 7.47. The van der Waals surface area contributed by atoms with Crippen molar-refractivity contribution in [2.45, 2.75) is 91.7 Å². The van der Waals surface area contributed by atoms with Crippen LogP contribution >= 0.6 is 0 Å². The molecule has 0 radical (unpaired) electrons. The first-order chi connectivity index (χ1) is 19.9. The van der Waals surface area contributed by atoms with Crippen molar-refractivity contribution in [1.29, 1.82) is 0 Å². The van der Waals surface area contributed by atoms with E-state index in [1.807, 2.05) is 12.3 Å². The number of nitrogens with zero attached hydrogens (tertiary/aromatic N) is 3. The Hall–Kier alpha value is -2.68. The predicted octanol–water partition coefficient (Wildman–Crippen LogP) is 6.77. The molecule has 41 heavy (non-hydrogen) atoms. The number of unbranched alkanes of at least 4 members (excludes halogenated alkanes) is 2. The number of phenols is 1. The summed E-state index contributed by atoms with van der Waals surface area (Å²) in [4.78, 5) is 0. The summed E-state index contributed by atoms with van der Waals surface area (Å²) in [6, 6.07) is 4.04. The summed E-state index contributed by atoms with van der Waals surface area (Å²) >= 11 is 0. The van der Waals surface area contributed by atoms with Gasteiger partial charge in [0.25, 0.3) is 0 Å². The maximum atomic E-state index is 11.2. The molecule has 0 aliphatic heterocycles. The van der Waals surface area contributed by atoms with Gasteiger partial charge in [0.2, 0.25) is 0 Å². The number of aryl methyl sites for hydroxylation is 1. The summed E-state index contributed by atoms with van der Waals surface area (Å²) in [6.45, 7) is 17.0. The minimum atomic E-state index is 0.0529. The Balaban J connectivity index is 1.50. The van der Waals surface area contributed by atoms with Crippen LogP contribution in [0.3, 0.4) is 0 Å². The molecule has 0 saturated heterocycles. The van der Waals surface area contributed by atoms with Gasteiger partial charge < -0.3 is 24.1 Å². The number of hydrogen-bond donors (Lipinski definition) is 1. The van der Waals surface area contributed by atoms with Gasteiger partial charge in [0.15, 0.2) is 0 Å². The van der Waals surface area contributed by atoms with Crippen molar-refractivity contribution in [3.63, 3.8) is 0 Å². The van der Waals surface area contributed by atoms with Gasteiger partial charge in [0.1, 0.15) is 23.8 Å². The van der Waals surface area contributed by atoms with E-state index in [0.29, 0.717) is 51.9 Å². The molecule has 2 unspecified atom stereocenters. The van der Waals surface area contributed by atoms with Crippen molar-refractivity contribution >= 4 is 0 Å². The minimum Gasteiger partial charge on any atom is -0.507 e. The fourth-order valence-corrected chi connectivity index (χ4v) is 5.28. The van der Waals surface area contributed by atoms with Crippen molar-refractivity contribution in [3.05, 3.63) is 59.0 Å². The van der Waals surface area contributed by atoms with Crippen molar-refractivity contribution < 1.29 is 24.1 Å². The molecule has 3 rings (SSSR count). The Bertz CT molecular complexity index is 1100. The summed E-state index contributed by atoms with van der Waals surface area (Å²) in [5.41, 5.74) is 5.25. The average molecular weight is 570 g/mol. The molecule has 1 aliphatic carbocycles. The first kappa shape index (κ1) is 32.8. The van der Waals surface area contributed by atoms with Crippen LogP contribution in [0.4, 0.5) is 0 Å². The van der Waals surface area contributed by atoms with Gasteiger partial charge in [-0.15, -0.1) is 5.10 Å². The standard InChI is InChI=1S/C33H51N3O5/c1-6-8-9-10-27-21-31(37)33(30-20-26(5)11-12-29(30)25(3)4)32(22-27)41-19-18-39-16-17-40-24-28-23-36(35-34-28)13-15-38-14-7-2/h20-23,29-30,37H,3,6-19,24H2,1-2,4-5H3. The van der Waals surface area contributed by atoms with Crippen LogP contribution in [0.5, 0.6) is 11.5 Å². The number of aromatic nitrogens is 3. The topological polar surface area (TPSA) is 87.9 Å². The number of allylic oxidation sites excluding steroid dienone is 3. The Morgan fingerprint density at radius 2 is 1.80 bits per heavy atom. The van der Waals surface area contributed by atoms with E-state index in [-0.39, 0.29) is 11.8 Å². The monoisotopic (exact) mass is 569 g/mol. The van der Waals surface area contributed by atoms with Gasteiger partial charge in [-0.1, -0.05) is 55.7 Å². The molecule has 0 fully saturated rings. The van der Waals surface area contributed by atoms with Crippen LogP contribution in [0, 0.1) is 5.92 Å². The number of rotatable bonds is 20. The summed E-state index contributed by atoms with van der Waals surface area (Å²) in [5.74, 6) is 1.40. The largest absolute Gasteiger partial charge is 0.507 e.